The molecule has 0 aliphatic carbocycles. The standard InChI is InChI=1S/C15H16ClN5O3/c16-8-3-9-14(20-12(8)7(4-17)5-18)21-15(19-9)24-11-6-23-10-1-2-22-13(10)11/h3-5,10-11,13,17H,1-2,6,18H2,(H,19,20,21)/b7-5+,17-4?/t10-,11?,13+/m1/s1. The Kier molecular flexibility index (Phi) is 3.87. The number of rotatable bonds is 4. The molecule has 126 valence electrons. The maximum Gasteiger partial charge on any atom is 0.296 e. The van der Waals surface area contributed by atoms with Crippen LogP contribution in [0.25, 0.3) is 16.7 Å². The van der Waals surface area contributed by atoms with E-state index < -0.39 is 0 Å². The lowest BCUT2D eigenvalue weighted by molar-refractivity contribution is 0.0273. The molecule has 3 atom stereocenters. The number of halogens is 1. The van der Waals surface area contributed by atoms with E-state index in [9.17, 15) is 0 Å². The van der Waals surface area contributed by atoms with E-state index in [0.717, 1.165) is 12.6 Å². The number of nitrogens with zero attached hydrogens (tertiary/aromatic N) is 2. The molecule has 2 aromatic rings. The number of imidazole rings is 1. The second kappa shape index (κ2) is 6.04. The summed E-state index contributed by atoms with van der Waals surface area (Å²) >= 11 is 6.22. The number of allylic oxidation sites excluding steroid dienone is 1. The molecule has 2 saturated heterocycles. The molecule has 8 nitrogen and oxygen atoms in total. The van der Waals surface area contributed by atoms with Gasteiger partial charge in [-0.05, 0) is 12.5 Å². The molecule has 1 unspecified atom stereocenters. The first-order chi connectivity index (χ1) is 11.7. The topological polar surface area (TPSA) is 119 Å². The number of hydrogen-bond acceptors (Lipinski definition) is 7. The van der Waals surface area contributed by atoms with Crippen LogP contribution in [0.2, 0.25) is 5.02 Å². The average Bonchev–Trinajstić information content (AvgIpc) is 3.25. The monoisotopic (exact) mass is 349 g/mol. The summed E-state index contributed by atoms with van der Waals surface area (Å²) in [4.78, 5) is 11.7. The van der Waals surface area contributed by atoms with Crippen molar-refractivity contribution in [2.75, 3.05) is 13.2 Å². The lowest BCUT2D eigenvalue weighted by Gasteiger charge is -2.15. The van der Waals surface area contributed by atoms with Crippen molar-refractivity contribution in [1.29, 1.82) is 5.41 Å². The van der Waals surface area contributed by atoms with Crippen LogP contribution in [-0.2, 0) is 9.47 Å². The zero-order valence-electron chi connectivity index (χ0n) is 12.7. The van der Waals surface area contributed by atoms with E-state index in [4.69, 9.17) is 37.0 Å². The fourth-order valence-electron chi connectivity index (χ4n) is 3.02. The van der Waals surface area contributed by atoms with Crippen molar-refractivity contribution in [1.82, 2.24) is 15.0 Å². The van der Waals surface area contributed by atoms with Gasteiger partial charge in [-0.25, -0.2) is 4.98 Å². The second-order valence-electron chi connectivity index (χ2n) is 5.65. The summed E-state index contributed by atoms with van der Waals surface area (Å²) in [6.45, 7) is 1.16. The zero-order valence-corrected chi connectivity index (χ0v) is 13.4. The SMILES string of the molecule is N=C/C(=C\N)c1nc2nc(OC3CO[C@@H]4CCO[C@H]34)[nH]c2cc1Cl. The molecular weight excluding hydrogens is 334 g/mol. The van der Waals surface area contributed by atoms with Gasteiger partial charge in [-0.3, -0.25) is 0 Å². The van der Waals surface area contributed by atoms with Gasteiger partial charge in [0.25, 0.3) is 6.01 Å². The minimum absolute atomic E-state index is 0.0602. The highest BCUT2D eigenvalue weighted by Gasteiger charge is 2.43. The predicted octanol–water partition coefficient (Wildman–Crippen LogP) is 1.50. The molecule has 0 aromatic carbocycles. The Labute approximate surface area is 142 Å². The molecular formula is C15H16ClN5O3. The van der Waals surface area contributed by atoms with Crippen LogP contribution in [0.1, 0.15) is 12.1 Å². The van der Waals surface area contributed by atoms with E-state index in [1.807, 2.05) is 0 Å². The average molecular weight is 350 g/mol. The number of nitrogens with two attached hydrogens (primary N) is 1. The van der Waals surface area contributed by atoms with Gasteiger partial charge >= 0.3 is 0 Å². The Balaban J connectivity index is 1.62. The fraction of sp³-hybridized carbons (Fsp3) is 0.400. The third kappa shape index (κ3) is 2.52. The molecule has 9 heteroatoms. The number of aromatic nitrogens is 3. The van der Waals surface area contributed by atoms with Crippen LogP contribution in [0.5, 0.6) is 6.01 Å². The number of hydrogen-bond donors (Lipinski definition) is 3. The number of aromatic amines is 1. The lowest BCUT2D eigenvalue weighted by atomic mass is 10.1. The van der Waals surface area contributed by atoms with Crippen LogP contribution in [0.3, 0.4) is 0 Å². The summed E-state index contributed by atoms with van der Waals surface area (Å²) in [5.41, 5.74) is 7.40. The number of pyridine rings is 1. The van der Waals surface area contributed by atoms with Crippen molar-refractivity contribution in [3.05, 3.63) is 23.0 Å². The molecule has 0 amide bonds. The highest BCUT2D eigenvalue weighted by Crippen LogP contribution is 2.30. The van der Waals surface area contributed by atoms with Crippen molar-refractivity contribution >= 4 is 34.6 Å². The first-order valence-corrected chi connectivity index (χ1v) is 7.96. The highest BCUT2D eigenvalue weighted by molar-refractivity contribution is 6.34. The summed E-state index contributed by atoms with van der Waals surface area (Å²) < 4.78 is 17.2. The predicted molar refractivity (Wildman–Crippen MR) is 88.4 cm³/mol. The number of fused-ring (bicyclic) bond motifs is 2. The van der Waals surface area contributed by atoms with Gasteiger partial charge in [0.15, 0.2) is 11.8 Å². The Morgan fingerprint density at radius 1 is 1.46 bits per heavy atom. The first-order valence-electron chi connectivity index (χ1n) is 7.58. The maximum atomic E-state index is 7.37. The smallest absolute Gasteiger partial charge is 0.296 e. The van der Waals surface area contributed by atoms with Crippen molar-refractivity contribution in [2.45, 2.75) is 24.7 Å². The van der Waals surface area contributed by atoms with E-state index in [0.29, 0.717) is 46.7 Å². The van der Waals surface area contributed by atoms with Crippen molar-refractivity contribution in [3.8, 4) is 6.01 Å². The van der Waals surface area contributed by atoms with Gasteiger partial charge in [0.05, 0.1) is 28.9 Å². The largest absolute Gasteiger partial charge is 0.456 e. The van der Waals surface area contributed by atoms with Crippen molar-refractivity contribution < 1.29 is 14.2 Å². The van der Waals surface area contributed by atoms with Gasteiger partial charge in [0, 0.05) is 24.6 Å². The Morgan fingerprint density at radius 3 is 3.12 bits per heavy atom. The van der Waals surface area contributed by atoms with Crippen LogP contribution in [0.15, 0.2) is 12.3 Å². The van der Waals surface area contributed by atoms with E-state index in [1.54, 1.807) is 6.07 Å². The summed E-state index contributed by atoms with van der Waals surface area (Å²) in [7, 11) is 0. The van der Waals surface area contributed by atoms with Gasteiger partial charge in [0.2, 0.25) is 0 Å². The van der Waals surface area contributed by atoms with Crippen LogP contribution in [0, 0.1) is 5.41 Å². The van der Waals surface area contributed by atoms with Crippen LogP contribution < -0.4 is 10.5 Å². The van der Waals surface area contributed by atoms with Crippen LogP contribution >= 0.6 is 11.6 Å². The number of H-pyrrole nitrogens is 1. The van der Waals surface area contributed by atoms with Gasteiger partial charge in [-0.15, -0.1) is 0 Å². The molecule has 2 fully saturated rings. The van der Waals surface area contributed by atoms with E-state index >= 15 is 0 Å². The molecule has 0 spiro atoms. The summed E-state index contributed by atoms with van der Waals surface area (Å²) in [5, 5.41) is 7.75. The third-order valence-corrected chi connectivity index (χ3v) is 4.48. The molecule has 4 rings (SSSR count). The van der Waals surface area contributed by atoms with Gasteiger partial charge in [-0.2, -0.15) is 4.98 Å². The van der Waals surface area contributed by atoms with Crippen molar-refractivity contribution in [3.63, 3.8) is 0 Å². The minimum atomic E-state index is -0.200. The molecule has 4 heterocycles. The lowest BCUT2D eigenvalue weighted by Crippen LogP contribution is -2.32. The summed E-state index contributed by atoms with van der Waals surface area (Å²) in [5.74, 6) is 0. The van der Waals surface area contributed by atoms with Crippen molar-refractivity contribution in [2.24, 2.45) is 5.73 Å². The molecule has 2 aliphatic heterocycles. The molecule has 24 heavy (non-hydrogen) atoms. The number of nitrogens with one attached hydrogen (secondary N) is 2. The van der Waals surface area contributed by atoms with Crippen LogP contribution in [0.4, 0.5) is 0 Å². The van der Waals surface area contributed by atoms with Gasteiger partial charge in [0.1, 0.15) is 6.10 Å². The molecule has 0 bridgehead atoms. The molecule has 0 radical (unpaired) electrons. The molecule has 4 N–H and O–H groups in total. The Morgan fingerprint density at radius 2 is 2.33 bits per heavy atom. The second-order valence-corrected chi connectivity index (χ2v) is 6.06. The molecule has 2 aliphatic rings. The maximum absolute atomic E-state index is 7.37. The van der Waals surface area contributed by atoms with E-state index in [2.05, 4.69) is 15.0 Å². The Bertz CT molecular complexity index is 821. The minimum Gasteiger partial charge on any atom is -0.456 e. The highest BCUT2D eigenvalue weighted by atomic mass is 35.5. The summed E-state index contributed by atoms with van der Waals surface area (Å²) in [6.07, 6.45) is 3.11. The van der Waals surface area contributed by atoms with E-state index in [1.165, 1.54) is 6.20 Å². The molecule has 0 saturated carbocycles. The van der Waals surface area contributed by atoms with E-state index in [-0.39, 0.29) is 18.3 Å². The zero-order chi connectivity index (χ0) is 16.7. The Hall–Kier alpha value is -2.16. The third-order valence-electron chi connectivity index (χ3n) is 4.20. The molecule has 2 aromatic heterocycles. The van der Waals surface area contributed by atoms with Gasteiger partial charge < -0.3 is 30.3 Å². The van der Waals surface area contributed by atoms with Gasteiger partial charge in [-0.1, -0.05) is 11.6 Å². The fourth-order valence-corrected chi connectivity index (χ4v) is 3.28. The quantitative estimate of drug-likeness (QED) is 0.719. The van der Waals surface area contributed by atoms with Crippen LogP contribution in [-0.4, -0.2) is 52.7 Å². The number of ether oxygens (including phenoxy) is 3. The first kappa shape index (κ1) is 15.4. The normalized spacial score (nSPS) is 26.7. The summed E-state index contributed by atoms with van der Waals surface area (Å²) in [6, 6.07) is 2.02.